The van der Waals surface area contributed by atoms with Crippen molar-refractivity contribution < 1.29 is 19.0 Å². The second kappa shape index (κ2) is 6.20. The zero-order chi connectivity index (χ0) is 13.7. The predicted molar refractivity (Wildman–Crippen MR) is 69.6 cm³/mol. The molecule has 0 unspecified atom stereocenters. The van der Waals surface area contributed by atoms with E-state index in [1.807, 2.05) is 0 Å². The molecule has 0 aliphatic heterocycles. The number of rotatable bonds is 5. The van der Waals surface area contributed by atoms with Gasteiger partial charge in [-0.2, -0.15) is 0 Å². The molecule has 0 spiro atoms. The molecule has 1 N–H and O–H groups in total. The molecule has 0 aliphatic carbocycles. The van der Waals surface area contributed by atoms with Crippen LogP contribution in [0.4, 0.5) is 4.39 Å². The predicted octanol–water partition coefficient (Wildman–Crippen LogP) is 2.91. The zero-order valence-electron chi connectivity index (χ0n) is 10.6. The fourth-order valence-corrected chi connectivity index (χ4v) is 1.72. The van der Waals surface area contributed by atoms with Gasteiger partial charge in [0.1, 0.15) is 12.4 Å². The van der Waals surface area contributed by atoms with Crippen LogP contribution in [0.2, 0.25) is 0 Å². The lowest BCUT2D eigenvalue weighted by molar-refractivity contribution is 0.274. The van der Waals surface area contributed by atoms with Crippen molar-refractivity contribution in [3.8, 4) is 11.5 Å². The van der Waals surface area contributed by atoms with Crippen LogP contribution in [-0.2, 0) is 13.2 Å². The highest BCUT2D eigenvalue weighted by molar-refractivity contribution is 5.42. The molecule has 0 amide bonds. The smallest absolute Gasteiger partial charge is 0.161 e. The van der Waals surface area contributed by atoms with Gasteiger partial charge in [-0.1, -0.05) is 18.2 Å². The summed E-state index contributed by atoms with van der Waals surface area (Å²) in [4.78, 5) is 0. The molecule has 0 fully saturated rings. The van der Waals surface area contributed by atoms with Gasteiger partial charge in [0.15, 0.2) is 11.5 Å². The van der Waals surface area contributed by atoms with Crippen molar-refractivity contribution in [1.82, 2.24) is 0 Å². The Morgan fingerprint density at radius 3 is 2.58 bits per heavy atom. The summed E-state index contributed by atoms with van der Waals surface area (Å²) in [6, 6.07) is 11.4. The average molecular weight is 262 g/mol. The molecule has 100 valence electrons. The van der Waals surface area contributed by atoms with Crippen LogP contribution in [0, 0.1) is 5.82 Å². The SMILES string of the molecule is COc1cc(CO)ccc1OCc1cccc(F)c1. The highest BCUT2D eigenvalue weighted by Gasteiger charge is 2.06. The van der Waals surface area contributed by atoms with Crippen LogP contribution in [0.5, 0.6) is 11.5 Å². The fourth-order valence-electron chi connectivity index (χ4n) is 1.72. The Morgan fingerprint density at radius 1 is 1.05 bits per heavy atom. The molecule has 0 aliphatic rings. The standard InChI is InChI=1S/C15H15FO3/c1-18-15-8-11(9-17)5-6-14(15)19-10-12-3-2-4-13(16)7-12/h2-8,17H,9-10H2,1H3. The Balaban J connectivity index is 2.11. The van der Waals surface area contributed by atoms with E-state index in [0.29, 0.717) is 11.5 Å². The van der Waals surface area contributed by atoms with Crippen LogP contribution in [-0.4, -0.2) is 12.2 Å². The zero-order valence-corrected chi connectivity index (χ0v) is 10.6. The molecule has 0 bridgehead atoms. The third-order valence-corrected chi connectivity index (χ3v) is 2.69. The maximum absolute atomic E-state index is 13.0. The van der Waals surface area contributed by atoms with E-state index in [1.165, 1.54) is 19.2 Å². The minimum atomic E-state index is -0.288. The molecule has 0 heterocycles. The lowest BCUT2D eigenvalue weighted by atomic mass is 10.2. The lowest BCUT2D eigenvalue weighted by Crippen LogP contribution is -1.99. The van der Waals surface area contributed by atoms with Crippen molar-refractivity contribution in [2.75, 3.05) is 7.11 Å². The summed E-state index contributed by atoms with van der Waals surface area (Å²) < 4.78 is 23.8. The fraction of sp³-hybridized carbons (Fsp3) is 0.200. The first kappa shape index (κ1) is 13.4. The lowest BCUT2D eigenvalue weighted by Gasteiger charge is -2.11. The molecule has 0 aromatic heterocycles. The van der Waals surface area contributed by atoms with Gasteiger partial charge in [-0.3, -0.25) is 0 Å². The van der Waals surface area contributed by atoms with Crippen molar-refractivity contribution in [3.63, 3.8) is 0 Å². The van der Waals surface area contributed by atoms with E-state index < -0.39 is 0 Å². The summed E-state index contributed by atoms with van der Waals surface area (Å²) in [7, 11) is 1.53. The average Bonchev–Trinajstić information content (AvgIpc) is 2.45. The van der Waals surface area contributed by atoms with E-state index in [1.54, 1.807) is 30.3 Å². The second-order valence-electron chi connectivity index (χ2n) is 4.06. The summed E-state index contributed by atoms with van der Waals surface area (Å²) in [6.07, 6.45) is 0. The monoisotopic (exact) mass is 262 g/mol. The van der Waals surface area contributed by atoms with Crippen LogP contribution in [0.15, 0.2) is 42.5 Å². The van der Waals surface area contributed by atoms with Gasteiger partial charge in [-0.05, 0) is 35.4 Å². The molecule has 0 radical (unpaired) electrons. The molecular weight excluding hydrogens is 247 g/mol. The van der Waals surface area contributed by atoms with Gasteiger partial charge in [0.25, 0.3) is 0 Å². The van der Waals surface area contributed by atoms with Crippen LogP contribution >= 0.6 is 0 Å². The van der Waals surface area contributed by atoms with E-state index in [4.69, 9.17) is 14.6 Å². The van der Waals surface area contributed by atoms with Gasteiger partial charge in [-0.15, -0.1) is 0 Å². The van der Waals surface area contributed by atoms with Gasteiger partial charge < -0.3 is 14.6 Å². The second-order valence-corrected chi connectivity index (χ2v) is 4.06. The molecular formula is C15H15FO3. The van der Waals surface area contributed by atoms with Gasteiger partial charge in [-0.25, -0.2) is 4.39 Å². The van der Waals surface area contributed by atoms with Crippen molar-refractivity contribution in [1.29, 1.82) is 0 Å². The number of ether oxygens (including phenoxy) is 2. The van der Waals surface area contributed by atoms with Gasteiger partial charge in [0.05, 0.1) is 13.7 Å². The summed E-state index contributed by atoms with van der Waals surface area (Å²) in [6.45, 7) is 0.202. The molecule has 2 aromatic rings. The Morgan fingerprint density at radius 2 is 1.89 bits per heavy atom. The first-order valence-corrected chi connectivity index (χ1v) is 5.88. The van der Waals surface area contributed by atoms with Crippen LogP contribution in [0.25, 0.3) is 0 Å². The third kappa shape index (κ3) is 3.45. The third-order valence-electron chi connectivity index (χ3n) is 2.69. The summed E-state index contributed by atoms with van der Waals surface area (Å²) in [5.41, 5.74) is 1.49. The number of benzene rings is 2. The number of aliphatic hydroxyl groups is 1. The Bertz CT molecular complexity index is 555. The molecule has 0 atom stereocenters. The Hall–Kier alpha value is -2.07. The number of halogens is 1. The summed E-state index contributed by atoms with van der Waals surface area (Å²) in [5.74, 6) is 0.815. The van der Waals surface area contributed by atoms with Crippen molar-refractivity contribution in [3.05, 3.63) is 59.4 Å². The van der Waals surface area contributed by atoms with Crippen molar-refractivity contribution in [2.45, 2.75) is 13.2 Å². The van der Waals surface area contributed by atoms with Gasteiger partial charge in [0.2, 0.25) is 0 Å². The first-order valence-electron chi connectivity index (χ1n) is 5.88. The largest absolute Gasteiger partial charge is 0.493 e. The Kier molecular flexibility index (Phi) is 4.36. The molecule has 0 saturated heterocycles. The van der Waals surface area contributed by atoms with E-state index in [2.05, 4.69) is 0 Å². The van der Waals surface area contributed by atoms with E-state index >= 15 is 0 Å². The van der Waals surface area contributed by atoms with Gasteiger partial charge in [0, 0.05) is 0 Å². The van der Waals surface area contributed by atoms with E-state index in [0.717, 1.165) is 11.1 Å². The number of methoxy groups -OCH3 is 1. The molecule has 3 nitrogen and oxygen atoms in total. The molecule has 0 saturated carbocycles. The Labute approximate surface area is 111 Å². The summed E-state index contributed by atoms with van der Waals surface area (Å²) >= 11 is 0. The normalized spacial score (nSPS) is 10.3. The first-order chi connectivity index (χ1) is 9.22. The van der Waals surface area contributed by atoms with E-state index in [9.17, 15) is 4.39 Å². The molecule has 2 rings (SSSR count). The minimum absolute atomic E-state index is 0.0550. The van der Waals surface area contributed by atoms with E-state index in [-0.39, 0.29) is 19.0 Å². The molecule has 2 aromatic carbocycles. The summed E-state index contributed by atoms with van der Waals surface area (Å²) in [5, 5.41) is 9.05. The van der Waals surface area contributed by atoms with Crippen LogP contribution in [0.3, 0.4) is 0 Å². The maximum atomic E-state index is 13.0. The van der Waals surface area contributed by atoms with Crippen molar-refractivity contribution >= 4 is 0 Å². The topological polar surface area (TPSA) is 38.7 Å². The highest BCUT2D eigenvalue weighted by Crippen LogP contribution is 2.28. The highest BCUT2D eigenvalue weighted by atomic mass is 19.1. The van der Waals surface area contributed by atoms with Crippen LogP contribution < -0.4 is 9.47 Å². The maximum Gasteiger partial charge on any atom is 0.161 e. The number of aliphatic hydroxyl groups excluding tert-OH is 1. The molecule has 4 heteroatoms. The minimum Gasteiger partial charge on any atom is -0.493 e. The van der Waals surface area contributed by atoms with Gasteiger partial charge >= 0.3 is 0 Å². The van der Waals surface area contributed by atoms with Crippen molar-refractivity contribution in [2.24, 2.45) is 0 Å². The number of hydrogen-bond acceptors (Lipinski definition) is 3. The molecule has 19 heavy (non-hydrogen) atoms. The number of hydrogen-bond donors (Lipinski definition) is 1. The quantitative estimate of drug-likeness (QED) is 0.900. The van der Waals surface area contributed by atoms with Crippen LogP contribution in [0.1, 0.15) is 11.1 Å².